The summed E-state index contributed by atoms with van der Waals surface area (Å²) < 4.78 is 3.14. The highest BCUT2D eigenvalue weighted by molar-refractivity contribution is 5.70. The fourth-order valence-corrected chi connectivity index (χ4v) is 1.49. The molecule has 0 fully saturated rings. The molecule has 0 aromatic carbocycles. The van der Waals surface area contributed by atoms with Gasteiger partial charge in [-0.25, -0.2) is 4.98 Å². The second kappa shape index (κ2) is 3.38. The minimum atomic E-state index is -0.202. The van der Waals surface area contributed by atoms with Crippen molar-refractivity contribution in [3.8, 4) is 0 Å². The van der Waals surface area contributed by atoms with Gasteiger partial charge in [0.15, 0.2) is 11.2 Å². The van der Waals surface area contributed by atoms with Crippen molar-refractivity contribution < 1.29 is 0 Å². The Labute approximate surface area is 86.4 Å². The number of aryl methyl sites for hydroxylation is 1. The molecule has 6 nitrogen and oxygen atoms in total. The Hall–Kier alpha value is -1.85. The topological polar surface area (TPSA) is 78.7 Å². The van der Waals surface area contributed by atoms with Crippen molar-refractivity contribution in [2.45, 2.75) is 19.9 Å². The van der Waals surface area contributed by atoms with E-state index in [1.54, 1.807) is 13.4 Å². The molecule has 0 radical (unpaired) electrons. The van der Waals surface area contributed by atoms with Gasteiger partial charge < -0.3 is 10.3 Å². The Morgan fingerprint density at radius 2 is 2.27 bits per heavy atom. The summed E-state index contributed by atoms with van der Waals surface area (Å²) in [6.07, 6.45) is 2.59. The Balaban J connectivity index is 2.77. The van der Waals surface area contributed by atoms with Gasteiger partial charge in [-0.3, -0.25) is 9.36 Å². The number of fused-ring (bicyclic) bond motifs is 1. The van der Waals surface area contributed by atoms with E-state index in [1.807, 2.05) is 4.57 Å². The number of hydrogen-bond donors (Lipinski definition) is 1. The van der Waals surface area contributed by atoms with Crippen LogP contribution < -0.4 is 11.3 Å². The molecule has 0 saturated carbocycles. The van der Waals surface area contributed by atoms with Gasteiger partial charge in [0.2, 0.25) is 5.95 Å². The Morgan fingerprint density at radius 3 is 2.93 bits per heavy atom. The summed E-state index contributed by atoms with van der Waals surface area (Å²) >= 11 is 0. The predicted molar refractivity (Wildman–Crippen MR) is 57.5 cm³/mol. The van der Waals surface area contributed by atoms with Crippen LogP contribution in [0, 0.1) is 0 Å². The Bertz CT molecular complexity index is 553. The molecule has 0 atom stereocenters. The summed E-state index contributed by atoms with van der Waals surface area (Å²) in [5, 5.41) is 0. The smallest absolute Gasteiger partial charge is 0.282 e. The van der Waals surface area contributed by atoms with Crippen LogP contribution in [0.3, 0.4) is 0 Å². The maximum atomic E-state index is 11.7. The number of aromatic nitrogens is 4. The van der Waals surface area contributed by atoms with E-state index in [-0.39, 0.29) is 11.5 Å². The molecule has 0 aliphatic heterocycles. The van der Waals surface area contributed by atoms with Crippen LogP contribution in [0.1, 0.15) is 13.3 Å². The lowest BCUT2D eigenvalue weighted by Crippen LogP contribution is -2.21. The van der Waals surface area contributed by atoms with Crippen LogP contribution in [-0.2, 0) is 13.6 Å². The van der Waals surface area contributed by atoms with E-state index in [9.17, 15) is 4.79 Å². The lowest BCUT2D eigenvalue weighted by molar-refractivity contribution is 0.690. The average molecular weight is 207 g/mol. The number of nitrogens with zero attached hydrogens (tertiary/aromatic N) is 4. The van der Waals surface area contributed by atoms with Crippen molar-refractivity contribution in [1.29, 1.82) is 0 Å². The minimum Gasteiger partial charge on any atom is -0.369 e. The van der Waals surface area contributed by atoms with Crippen LogP contribution >= 0.6 is 0 Å². The third kappa shape index (κ3) is 1.38. The summed E-state index contributed by atoms with van der Waals surface area (Å²) in [6.45, 7) is 2.84. The van der Waals surface area contributed by atoms with Gasteiger partial charge in [-0.1, -0.05) is 6.92 Å². The molecule has 0 bridgehead atoms. The first kappa shape index (κ1) is 9.70. The van der Waals surface area contributed by atoms with Gasteiger partial charge in [-0.05, 0) is 6.42 Å². The molecule has 6 heteroatoms. The third-order valence-corrected chi connectivity index (χ3v) is 2.35. The van der Waals surface area contributed by atoms with Gasteiger partial charge in [0, 0.05) is 13.6 Å². The van der Waals surface area contributed by atoms with Crippen LogP contribution in [0.25, 0.3) is 11.2 Å². The normalized spacial score (nSPS) is 11.1. The van der Waals surface area contributed by atoms with Gasteiger partial charge >= 0.3 is 0 Å². The lowest BCUT2D eigenvalue weighted by Gasteiger charge is -2.03. The molecule has 0 aliphatic carbocycles. The number of nitrogens with two attached hydrogens (primary N) is 1. The van der Waals surface area contributed by atoms with E-state index in [2.05, 4.69) is 16.9 Å². The van der Waals surface area contributed by atoms with Crippen molar-refractivity contribution in [3.63, 3.8) is 0 Å². The SMILES string of the molecule is CCCn1cnc2c(=O)n(C)c(N)nc21. The fraction of sp³-hybridized carbons (Fsp3) is 0.444. The first-order valence-corrected chi connectivity index (χ1v) is 4.82. The van der Waals surface area contributed by atoms with Crippen LogP contribution in [0.5, 0.6) is 0 Å². The first-order chi connectivity index (χ1) is 7.15. The highest BCUT2D eigenvalue weighted by atomic mass is 16.1. The molecule has 2 heterocycles. The summed E-state index contributed by atoms with van der Waals surface area (Å²) in [4.78, 5) is 19.9. The van der Waals surface area contributed by atoms with E-state index in [0.29, 0.717) is 11.2 Å². The zero-order valence-electron chi connectivity index (χ0n) is 8.77. The zero-order valence-corrected chi connectivity index (χ0v) is 8.77. The van der Waals surface area contributed by atoms with Gasteiger partial charge in [-0.2, -0.15) is 4.98 Å². The zero-order chi connectivity index (χ0) is 11.0. The fourth-order valence-electron chi connectivity index (χ4n) is 1.49. The molecule has 15 heavy (non-hydrogen) atoms. The predicted octanol–water partition coefficient (Wildman–Crippen LogP) is 0.122. The Morgan fingerprint density at radius 1 is 1.53 bits per heavy atom. The number of nitrogen functional groups attached to an aromatic ring is 1. The molecule has 2 aromatic rings. The molecular weight excluding hydrogens is 194 g/mol. The van der Waals surface area contributed by atoms with Crippen molar-refractivity contribution >= 4 is 17.1 Å². The number of hydrogen-bond acceptors (Lipinski definition) is 4. The van der Waals surface area contributed by atoms with E-state index in [4.69, 9.17) is 5.73 Å². The summed E-state index contributed by atoms with van der Waals surface area (Å²) in [7, 11) is 1.59. The quantitative estimate of drug-likeness (QED) is 0.758. The lowest BCUT2D eigenvalue weighted by atomic mass is 10.4. The van der Waals surface area contributed by atoms with E-state index in [1.165, 1.54) is 4.57 Å². The largest absolute Gasteiger partial charge is 0.369 e. The molecule has 0 unspecified atom stereocenters. The highest BCUT2D eigenvalue weighted by Crippen LogP contribution is 2.07. The number of rotatable bonds is 2. The summed E-state index contributed by atoms with van der Waals surface area (Å²) in [6, 6.07) is 0. The molecule has 2 N–H and O–H groups in total. The highest BCUT2D eigenvalue weighted by Gasteiger charge is 2.10. The third-order valence-electron chi connectivity index (χ3n) is 2.35. The second-order valence-electron chi connectivity index (χ2n) is 3.44. The second-order valence-corrected chi connectivity index (χ2v) is 3.44. The van der Waals surface area contributed by atoms with Crippen LogP contribution in [-0.4, -0.2) is 19.1 Å². The standard InChI is InChI=1S/C9H13N5O/c1-3-4-14-5-11-6-7(14)12-9(10)13(2)8(6)15/h5H,3-4H2,1-2H3,(H2,10,12). The number of imidazole rings is 1. The molecule has 0 amide bonds. The maximum absolute atomic E-state index is 11.7. The van der Waals surface area contributed by atoms with Crippen molar-refractivity contribution in [2.75, 3.05) is 5.73 Å². The van der Waals surface area contributed by atoms with Crippen LogP contribution in [0.2, 0.25) is 0 Å². The van der Waals surface area contributed by atoms with Crippen molar-refractivity contribution in [1.82, 2.24) is 19.1 Å². The van der Waals surface area contributed by atoms with Gasteiger partial charge in [0.05, 0.1) is 6.33 Å². The summed E-state index contributed by atoms with van der Waals surface area (Å²) in [5.74, 6) is 0.213. The number of anilines is 1. The molecule has 2 rings (SSSR count). The first-order valence-electron chi connectivity index (χ1n) is 4.82. The van der Waals surface area contributed by atoms with E-state index in [0.717, 1.165) is 13.0 Å². The van der Waals surface area contributed by atoms with Crippen molar-refractivity contribution in [2.24, 2.45) is 7.05 Å². The molecule has 2 aromatic heterocycles. The maximum Gasteiger partial charge on any atom is 0.282 e. The van der Waals surface area contributed by atoms with Gasteiger partial charge in [-0.15, -0.1) is 0 Å². The van der Waals surface area contributed by atoms with Gasteiger partial charge in [0.1, 0.15) is 0 Å². The molecule has 80 valence electrons. The van der Waals surface area contributed by atoms with Gasteiger partial charge in [0.25, 0.3) is 5.56 Å². The monoisotopic (exact) mass is 207 g/mol. The molecule has 0 spiro atoms. The molecule has 0 aliphatic rings. The summed E-state index contributed by atoms with van der Waals surface area (Å²) in [5.41, 5.74) is 6.36. The van der Waals surface area contributed by atoms with Crippen molar-refractivity contribution in [3.05, 3.63) is 16.7 Å². The average Bonchev–Trinajstić information content (AvgIpc) is 2.59. The molecule has 0 saturated heterocycles. The van der Waals surface area contributed by atoms with Crippen LogP contribution in [0.4, 0.5) is 5.95 Å². The Kier molecular flexibility index (Phi) is 2.18. The van der Waals surface area contributed by atoms with E-state index < -0.39 is 0 Å². The van der Waals surface area contributed by atoms with E-state index >= 15 is 0 Å². The minimum absolute atomic E-state index is 0.202. The molecular formula is C9H13N5O. The van der Waals surface area contributed by atoms with Crippen LogP contribution in [0.15, 0.2) is 11.1 Å².